The molecule has 0 aliphatic carbocycles. The number of aromatic nitrogens is 3. The first-order valence-electron chi connectivity index (χ1n) is 11.4. The number of anilines is 4. The van der Waals surface area contributed by atoms with Gasteiger partial charge in [-0.25, -0.2) is 4.98 Å². The topological polar surface area (TPSA) is 121 Å². The van der Waals surface area contributed by atoms with E-state index in [9.17, 15) is 18.0 Å². The van der Waals surface area contributed by atoms with E-state index < -0.39 is 11.7 Å². The second-order valence-corrected chi connectivity index (χ2v) is 8.58. The first kappa shape index (κ1) is 25.0. The highest BCUT2D eigenvalue weighted by Crippen LogP contribution is 2.34. The van der Waals surface area contributed by atoms with Crippen molar-refractivity contribution in [2.75, 3.05) is 75.1 Å². The normalized spacial score (nSPS) is 17.2. The van der Waals surface area contributed by atoms with Crippen molar-refractivity contribution >= 4 is 29.5 Å². The Labute approximate surface area is 200 Å². The second kappa shape index (κ2) is 10.6. The minimum absolute atomic E-state index is 0.0416. The third-order valence-electron chi connectivity index (χ3n) is 5.84. The molecule has 3 N–H and O–H groups in total. The van der Waals surface area contributed by atoms with Crippen LogP contribution in [0, 0.1) is 12.8 Å². The molecule has 1 amide bonds. The molecule has 0 spiro atoms. The summed E-state index contributed by atoms with van der Waals surface area (Å²) in [5.74, 6) is 0.165. The van der Waals surface area contributed by atoms with E-state index in [4.69, 9.17) is 9.15 Å². The van der Waals surface area contributed by atoms with E-state index in [1.807, 2.05) is 11.9 Å². The van der Waals surface area contributed by atoms with Gasteiger partial charge in [-0.1, -0.05) is 0 Å². The fourth-order valence-corrected chi connectivity index (χ4v) is 3.56. The highest BCUT2D eigenvalue weighted by atomic mass is 19.4. The zero-order valence-corrected chi connectivity index (χ0v) is 19.6. The molecule has 2 aromatic rings. The maximum atomic E-state index is 13.5. The monoisotopic (exact) mass is 498 g/mol. The van der Waals surface area contributed by atoms with E-state index in [0.29, 0.717) is 43.8 Å². The molecule has 192 valence electrons. The fourth-order valence-electron chi connectivity index (χ4n) is 3.56. The first-order chi connectivity index (χ1) is 16.7. The molecule has 0 aromatic carbocycles. The van der Waals surface area contributed by atoms with Crippen LogP contribution in [0.1, 0.15) is 17.7 Å². The predicted octanol–water partition coefficient (Wildman–Crippen LogP) is 1.85. The third kappa shape index (κ3) is 6.31. The van der Waals surface area contributed by atoms with E-state index in [-0.39, 0.29) is 30.1 Å². The van der Waals surface area contributed by atoms with Crippen LogP contribution in [-0.2, 0) is 15.7 Å². The summed E-state index contributed by atoms with van der Waals surface area (Å²) in [5.41, 5.74) is -0.978. The lowest BCUT2D eigenvalue weighted by Crippen LogP contribution is -2.44. The van der Waals surface area contributed by atoms with Crippen molar-refractivity contribution in [1.29, 1.82) is 0 Å². The Kier molecular flexibility index (Phi) is 7.60. The Balaban J connectivity index is 1.38. The molecule has 2 aliphatic rings. The molecule has 4 heterocycles. The molecule has 2 saturated heterocycles. The van der Waals surface area contributed by atoms with Crippen molar-refractivity contribution in [2.45, 2.75) is 19.5 Å². The molecule has 11 nitrogen and oxygen atoms in total. The number of nitrogens with one attached hydrogen (secondary N) is 3. The summed E-state index contributed by atoms with van der Waals surface area (Å²) in [4.78, 5) is 28.3. The Morgan fingerprint density at radius 1 is 1.14 bits per heavy atom. The number of hydrogen-bond donors (Lipinski definition) is 3. The van der Waals surface area contributed by atoms with Crippen molar-refractivity contribution in [2.24, 2.45) is 5.92 Å². The van der Waals surface area contributed by atoms with Gasteiger partial charge in [-0.3, -0.25) is 4.79 Å². The number of piperazine rings is 1. The molecule has 2 aliphatic heterocycles. The van der Waals surface area contributed by atoms with Crippen molar-refractivity contribution in [3.63, 3.8) is 0 Å². The molecule has 0 unspecified atom stereocenters. The summed E-state index contributed by atoms with van der Waals surface area (Å²) >= 11 is 0. The van der Waals surface area contributed by atoms with Gasteiger partial charge in [0.15, 0.2) is 5.82 Å². The molecule has 0 radical (unpaired) electrons. The number of nitrogens with zero attached hydrogens (tertiary/aromatic N) is 5. The summed E-state index contributed by atoms with van der Waals surface area (Å²) < 4.78 is 51.2. The number of hydrogen-bond acceptors (Lipinski definition) is 10. The molecule has 4 rings (SSSR count). The number of rotatable bonds is 9. The van der Waals surface area contributed by atoms with Crippen LogP contribution in [-0.4, -0.2) is 85.3 Å². The van der Waals surface area contributed by atoms with E-state index >= 15 is 0 Å². The van der Waals surface area contributed by atoms with Gasteiger partial charge in [-0.15, -0.1) is 0 Å². The van der Waals surface area contributed by atoms with Gasteiger partial charge in [-0.2, -0.15) is 23.1 Å². The first-order valence-corrected chi connectivity index (χ1v) is 11.4. The SMILES string of the molecule is Cc1oc(N2CCN(C)CC2)nc1Nc1ncc(C(F)(F)F)c(NCCCNC(=O)C2COC2)n1. The number of aryl methyl sites for hydroxylation is 1. The highest BCUT2D eigenvalue weighted by molar-refractivity contribution is 5.79. The van der Waals surface area contributed by atoms with Gasteiger partial charge in [0, 0.05) is 45.5 Å². The largest absolute Gasteiger partial charge is 0.427 e. The number of alkyl halides is 3. The standard InChI is InChI=1S/C21H29F3N8O3/c1-13-16(30-20(35-13)32-8-6-31(2)7-9-32)28-19-27-10-15(21(22,23)24)17(29-19)25-4-3-5-26-18(33)14-11-34-12-14/h10,14H,3-9,11-12H2,1-2H3,(H,26,33)(H2,25,27,28,29). The van der Waals surface area contributed by atoms with Crippen molar-refractivity contribution in [3.05, 3.63) is 17.5 Å². The van der Waals surface area contributed by atoms with Crippen molar-refractivity contribution in [1.82, 2.24) is 25.2 Å². The summed E-state index contributed by atoms with van der Waals surface area (Å²) in [6.07, 6.45) is -3.48. The fraction of sp³-hybridized carbons (Fsp3) is 0.619. The molecule has 0 bridgehead atoms. The third-order valence-corrected chi connectivity index (χ3v) is 5.84. The molecular formula is C21H29F3N8O3. The van der Waals surface area contributed by atoms with E-state index in [1.54, 1.807) is 6.92 Å². The van der Waals surface area contributed by atoms with E-state index in [0.717, 1.165) is 32.4 Å². The number of carbonyl (C=O) groups is 1. The van der Waals surface area contributed by atoms with E-state index in [1.165, 1.54) is 0 Å². The van der Waals surface area contributed by atoms with Gasteiger partial charge in [0.1, 0.15) is 17.1 Å². The van der Waals surface area contributed by atoms with Crippen LogP contribution in [0.3, 0.4) is 0 Å². The molecular weight excluding hydrogens is 469 g/mol. The average Bonchev–Trinajstić information content (AvgIpc) is 3.12. The Bertz CT molecular complexity index is 1020. The van der Waals surface area contributed by atoms with Gasteiger partial charge in [0.05, 0.1) is 19.1 Å². The molecule has 0 saturated carbocycles. The van der Waals surface area contributed by atoms with E-state index in [2.05, 4.69) is 35.8 Å². The maximum absolute atomic E-state index is 13.5. The quantitative estimate of drug-likeness (QED) is 0.442. The molecule has 2 fully saturated rings. The Hall–Kier alpha value is -3.13. The lowest BCUT2D eigenvalue weighted by Gasteiger charge is -2.31. The summed E-state index contributed by atoms with van der Waals surface area (Å²) in [6, 6.07) is 0.443. The Morgan fingerprint density at radius 2 is 1.89 bits per heavy atom. The van der Waals surface area contributed by atoms with Gasteiger partial charge >= 0.3 is 6.18 Å². The molecule has 2 aromatic heterocycles. The highest BCUT2D eigenvalue weighted by Gasteiger charge is 2.35. The molecule has 35 heavy (non-hydrogen) atoms. The zero-order valence-electron chi connectivity index (χ0n) is 19.6. The smallest absolute Gasteiger partial charge is 0.421 e. The number of halogens is 3. The lowest BCUT2D eigenvalue weighted by molar-refractivity contribution is -0.139. The van der Waals surface area contributed by atoms with Crippen molar-refractivity contribution < 1.29 is 27.1 Å². The van der Waals surface area contributed by atoms with Gasteiger partial charge in [0.25, 0.3) is 6.01 Å². The predicted molar refractivity (Wildman–Crippen MR) is 122 cm³/mol. The number of oxazole rings is 1. The van der Waals surface area contributed by atoms with Crippen LogP contribution in [0.25, 0.3) is 0 Å². The van der Waals surface area contributed by atoms with Crippen LogP contribution >= 0.6 is 0 Å². The summed E-state index contributed by atoms with van der Waals surface area (Å²) in [7, 11) is 2.04. The minimum Gasteiger partial charge on any atom is -0.427 e. The maximum Gasteiger partial charge on any atom is 0.421 e. The molecule has 0 atom stereocenters. The Morgan fingerprint density at radius 3 is 2.54 bits per heavy atom. The van der Waals surface area contributed by atoms with Crippen LogP contribution in [0.4, 0.5) is 36.8 Å². The number of ether oxygens (including phenoxy) is 1. The second-order valence-electron chi connectivity index (χ2n) is 8.58. The summed E-state index contributed by atoms with van der Waals surface area (Å²) in [5, 5.41) is 8.32. The lowest BCUT2D eigenvalue weighted by atomic mass is 10.1. The summed E-state index contributed by atoms with van der Waals surface area (Å²) in [6.45, 7) is 6.28. The van der Waals surface area contributed by atoms with Crippen LogP contribution in [0.2, 0.25) is 0 Å². The number of carbonyl (C=O) groups excluding carboxylic acids is 1. The number of amides is 1. The van der Waals surface area contributed by atoms with Crippen LogP contribution in [0.15, 0.2) is 10.6 Å². The van der Waals surface area contributed by atoms with Gasteiger partial charge in [-0.05, 0) is 20.4 Å². The van der Waals surface area contributed by atoms with Gasteiger partial charge in [0.2, 0.25) is 11.9 Å². The zero-order chi connectivity index (χ0) is 25.0. The van der Waals surface area contributed by atoms with Gasteiger partial charge < -0.3 is 34.9 Å². The number of likely N-dealkylation sites (N-methyl/N-ethyl adjacent to an activating group) is 1. The van der Waals surface area contributed by atoms with Crippen molar-refractivity contribution in [3.8, 4) is 0 Å². The molecule has 14 heteroatoms. The van der Waals surface area contributed by atoms with Crippen LogP contribution < -0.4 is 20.9 Å². The average molecular weight is 499 g/mol. The van der Waals surface area contributed by atoms with Crippen LogP contribution in [0.5, 0.6) is 0 Å². The minimum atomic E-state index is -4.63.